The molecule has 146 valence electrons. The van der Waals surface area contributed by atoms with Gasteiger partial charge in [-0.05, 0) is 12.1 Å². The number of aromatic amines is 1. The molecule has 0 aromatic carbocycles. The Labute approximate surface area is 165 Å². The van der Waals surface area contributed by atoms with Crippen molar-refractivity contribution in [1.82, 2.24) is 19.9 Å². The second kappa shape index (κ2) is 7.69. The molecule has 4 heterocycles. The van der Waals surface area contributed by atoms with Crippen LogP contribution in [-0.4, -0.2) is 49.7 Å². The Morgan fingerprint density at radius 1 is 1.39 bits per heavy atom. The first-order chi connectivity index (χ1) is 13.6. The standard InChI is InChI=1S/C19H22N6O2S/c1-3-28(26)11-15-16(20)23-18(14-5-7-22-17-13(14)4-6-21-17)24-19(15)25-8-9-27-10-12(25)2/h4-7H,2-3,8-11H2,1H3,(H,21,22)(H2,20,23,24). The molecule has 0 radical (unpaired) electrons. The summed E-state index contributed by atoms with van der Waals surface area (Å²) in [6.45, 7) is 7.57. The molecule has 1 saturated heterocycles. The Bertz CT molecular complexity index is 1060. The molecule has 1 aliphatic rings. The zero-order valence-corrected chi connectivity index (χ0v) is 16.5. The second-order valence-corrected chi connectivity index (χ2v) is 8.22. The van der Waals surface area contributed by atoms with Crippen LogP contribution in [0.4, 0.5) is 11.6 Å². The van der Waals surface area contributed by atoms with Crippen molar-refractivity contribution >= 4 is 33.5 Å². The van der Waals surface area contributed by atoms with Crippen LogP contribution in [-0.2, 0) is 21.3 Å². The van der Waals surface area contributed by atoms with E-state index in [9.17, 15) is 4.21 Å². The van der Waals surface area contributed by atoms with Crippen LogP contribution in [0.3, 0.4) is 0 Å². The fourth-order valence-corrected chi connectivity index (χ4v) is 4.03. The average molecular weight is 398 g/mol. The third kappa shape index (κ3) is 3.38. The van der Waals surface area contributed by atoms with Gasteiger partial charge in [-0.25, -0.2) is 15.0 Å². The second-order valence-electron chi connectivity index (χ2n) is 6.48. The molecule has 0 saturated carbocycles. The van der Waals surface area contributed by atoms with E-state index in [2.05, 4.69) is 21.5 Å². The van der Waals surface area contributed by atoms with Gasteiger partial charge in [-0.2, -0.15) is 0 Å². The van der Waals surface area contributed by atoms with E-state index in [-0.39, 0.29) is 0 Å². The minimum atomic E-state index is -1.04. The number of H-pyrrole nitrogens is 1. The number of nitrogen functional groups attached to an aromatic ring is 1. The van der Waals surface area contributed by atoms with Crippen LogP contribution >= 0.6 is 0 Å². The highest BCUT2D eigenvalue weighted by Gasteiger charge is 2.24. The number of pyridine rings is 1. The lowest BCUT2D eigenvalue weighted by atomic mass is 10.1. The van der Waals surface area contributed by atoms with Crippen LogP contribution in [0.2, 0.25) is 0 Å². The number of aromatic nitrogens is 4. The molecule has 0 amide bonds. The van der Waals surface area contributed by atoms with Gasteiger partial charge in [0.15, 0.2) is 5.82 Å². The largest absolute Gasteiger partial charge is 0.383 e. The number of anilines is 2. The van der Waals surface area contributed by atoms with Crippen molar-refractivity contribution in [3.63, 3.8) is 0 Å². The summed E-state index contributed by atoms with van der Waals surface area (Å²) < 4.78 is 17.7. The highest BCUT2D eigenvalue weighted by molar-refractivity contribution is 7.84. The quantitative estimate of drug-likeness (QED) is 0.678. The van der Waals surface area contributed by atoms with Gasteiger partial charge in [-0.15, -0.1) is 0 Å². The van der Waals surface area contributed by atoms with Gasteiger partial charge in [0.1, 0.15) is 17.3 Å². The van der Waals surface area contributed by atoms with Crippen molar-refractivity contribution in [2.75, 3.05) is 36.1 Å². The molecule has 0 spiro atoms. The van der Waals surface area contributed by atoms with Crippen LogP contribution in [0, 0.1) is 0 Å². The number of ether oxygens (including phenoxy) is 1. The summed E-state index contributed by atoms with van der Waals surface area (Å²) in [5.41, 5.74) is 9.41. The van der Waals surface area contributed by atoms with Crippen molar-refractivity contribution < 1.29 is 8.95 Å². The molecular formula is C19H22N6O2S. The Hall–Kier alpha value is -2.78. The maximum Gasteiger partial charge on any atom is 0.164 e. The minimum absolute atomic E-state index is 0.304. The zero-order valence-electron chi connectivity index (χ0n) is 15.6. The molecule has 1 fully saturated rings. The molecule has 1 atom stereocenters. The first-order valence-corrected chi connectivity index (χ1v) is 10.5. The van der Waals surface area contributed by atoms with E-state index in [0.717, 1.165) is 22.3 Å². The Morgan fingerprint density at radius 2 is 2.25 bits per heavy atom. The average Bonchev–Trinajstić information content (AvgIpc) is 3.18. The van der Waals surface area contributed by atoms with Gasteiger partial charge in [-0.1, -0.05) is 13.5 Å². The normalized spacial score (nSPS) is 15.9. The monoisotopic (exact) mass is 398 g/mol. The number of hydrogen-bond donors (Lipinski definition) is 2. The van der Waals surface area contributed by atoms with E-state index in [1.807, 2.05) is 30.2 Å². The summed E-state index contributed by atoms with van der Waals surface area (Å²) in [5.74, 6) is 2.34. The molecule has 1 aliphatic heterocycles. The molecule has 3 N–H and O–H groups in total. The van der Waals surface area contributed by atoms with E-state index in [0.29, 0.717) is 54.3 Å². The first kappa shape index (κ1) is 18.6. The van der Waals surface area contributed by atoms with Gasteiger partial charge >= 0.3 is 0 Å². The summed E-state index contributed by atoms with van der Waals surface area (Å²) in [7, 11) is -1.04. The highest BCUT2D eigenvalue weighted by Crippen LogP contribution is 2.32. The van der Waals surface area contributed by atoms with Crippen LogP contribution in [0.1, 0.15) is 12.5 Å². The maximum absolute atomic E-state index is 12.3. The smallest absolute Gasteiger partial charge is 0.164 e. The summed E-state index contributed by atoms with van der Waals surface area (Å²) in [5, 5.41) is 0.915. The van der Waals surface area contributed by atoms with Crippen molar-refractivity contribution in [3.8, 4) is 11.4 Å². The number of nitrogens with one attached hydrogen (secondary N) is 1. The van der Waals surface area contributed by atoms with Crippen LogP contribution in [0.5, 0.6) is 0 Å². The molecule has 9 heteroatoms. The highest BCUT2D eigenvalue weighted by atomic mass is 32.2. The van der Waals surface area contributed by atoms with Crippen molar-refractivity contribution in [1.29, 1.82) is 0 Å². The van der Waals surface area contributed by atoms with Gasteiger partial charge < -0.3 is 20.4 Å². The van der Waals surface area contributed by atoms with Crippen molar-refractivity contribution in [2.45, 2.75) is 12.7 Å². The van der Waals surface area contributed by atoms with Crippen LogP contribution in [0.15, 0.2) is 36.8 Å². The predicted octanol–water partition coefficient (Wildman–Crippen LogP) is 2.22. The van der Waals surface area contributed by atoms with E-state index in [4.69, 9.17) is 15.5 Å². The summed E-state index contributed by atoms with van der Waals surface area (Å²) in [4.78, 5) is 18.8. The molecule has 0 bridgehead atoms. The van der Waals surface area contributed by atoms with E-state index in [1.165, 1.54) is 0 Å². The molecule has 3 aromatic rings. The van der Waals surface area contributed by atoms with Crippen molar-refractivity contribution in [3.05, 3.63) is 42.4 Å². The summed E-state index contributed by atoms with van der Waals surface area (Å²) >= 11 is 0. The van der Waals surface area contributed by atoms with Gasteiger partial charge in [0, 0.05) is 57.7 Å². The number of nitrogens with two attached hydrogens (primary N) is 1. The number of rotatable bonds is 5. The van der Waals surface area contributed by atoms with Crippen LogP contribution < -0.4 is 10.6 Å². The fourth-order valence-electron chi connectivity index (χ4n) is 3.23. The van der Waals surface area contributed by atoms with Crippen LogP contribution in [0.25, 0.3) is 22.4 Å². The lowest BCUT2D eigenvalue weighted by Crippen LogP contribution is -2.35. The first-order valence-electron chi connectivity index (χ1n) is 9.05. The number of fused-ring (bicyclic) bond motifs is 1. The minimum Gasteiger partial charge on any atom is -0.383 e. The Kier molecular flexibility index (Phi) is 5.10. The zero-order chi connectivity index (χ0) is 19.7. The van der Waals surface area contributed by atoms with E-state index < -0.39 is 10.8 Å². The third-order valence-corrected chi connectivity index (χ3v) is 5.97. The molecule has 3 aromatic heterocycles. The van der Waals surface area contributed by atoms with Gasteiger partial charge in [-0.3, -0.25) is 4.21 Å². The molecular weight excluding hydrogens is 376 g/mol. The molecule has 1 unspecified atom stereocenters. The Balaban J connectivity index is 1.89. The lowest BCUT2D eigenvalue weighted by Gasteiger charge is -2.31. The third-order valence-electron chi connectivity index (χ3n) is 4.71. The van der Waals surface area contributed by atoms with Gasteiger partial charge in [0.2, 0.25) is 0 Å². The molecule has 28 heavy (non-hydrogen) atoms. The molecule has 4 rings (SSSR count). The number of hydrogen-bond acceptors (Lipinski definition) is 7. The van der Waals surface area contributed by atoms with Crippen molar-refractivity contribution in [2.24, 2.45) is 0 Å². The SMILES string of the molecule is C=C1COCCN1c1nc(-c2ccnc3[nH]ccc23)nc(N)c1CS(=O)CC. The molecule has 8 nitrogen and oxygen atoms in total. The summed E-state index contributed by atoms with van der Waals surface area (Å²) in [6.07, 6.45) is 3.54. The fraction of sp³-hybridized carbons (Fsp3) is 0.316. The van der Waals surface area contributed by atoms with E-state index in [1.54, 1.807) is 6.20 Å². The molecule has 0 aliphatic carbocycles. The van der Waals surface area contributed by atoms with E-state index >= 15 is 0 Å². The number of nitrogens with zero attached hydrogens (tertiary/aromatic N) is 4. The predicted molar refractivity (Wildman–Crippen MR) is 111 cm³/mol. The number of morpholine rings is 1. The Morgan fingerprint density at radius 3 is 3.04 bits per heavy atom. The maximum atomic E-state index is 12.3. The van der Waals surface area contributed by atoms with Gasteiger partial charge in [0.25, 0.3) is 0 Å². The lowest BCUT2D eigenvalue weighted by molar-refractivity contribution is 0.142. The van der Waals surface area contributed by atoms with Gasteiger partial charge in [0.05, 0.1) is 19.0 Å². The summed E-state index contributed by atoms with van der Waals surface area (Å²) in [6, 6.07) is 3.80. The topological polar surface area (TPSA) is 110 Å².